The van der Waals surface area contributed by atoms with E-state index in [1.54, 1.807) is 4.90 Å². The number of amides is 1. The van der Waals surface area contributed by atoms with Crippen molar-refractivity contribution >= 4 is 5.91 Å². The molecule has 0 aliphatic heterocycles. The predicted octanol–water partition coefficient (Wildman–Crippen LogP) is 2.22. The van der Waals surface area contributed by atoms with Crippen molar-refractivity contribution in [2.45, 2.75) is 26.3 Å². The topological polar surface area (TPSA) is 53.3 Å². The Hall–Kier alpha value is -2.02. The Balaban J connectivity index is 2.38. The second-order valence-electron chi connectivity index (χ2n) is 4.19. The molecular formula is C14H18N2O2. The molecule has 0 bridgehead atoms. The molecule has 1 aromatic rings. The molecule has 0 aliphatic rings. The molecule has 1 aromatic carbocycles. The second-order valence-corrected chi connectivity index (χ2v) is 4.19. The van der Waals surface area contributed by atoms with Crippen LogP contribution >= 0.6 is 0 Å². The minimum Gasteiger partial charge on any atom is -0.493 e. The summed E-state index contributed by atoms with van der Waals surface area (Å²) >= 11 is 0. The molecule has 0 saturated carbocycles. The largest absolute Gasteiger partial charge is 0.493 e. The van der Waals surface area contributed by atoms with Gasteiger partial charge in [0.05, 0.1) is 19.1 Å². The van der Waals surface area contributed by atoms with Gasteiger partial charge >= 0.3 is 0 Å². The number of para-hydroxylation sites is 1. The molecular weight excluding hydrogens is 228 g/mol. The maximum atomic E-state index is 11.9. The Kier molecular flexibility index (Phi) is 5.72. The first-order chi connectivity index (χ1) is 8.65. The van der Waals surface area contributed by atoms with Gasteiger partial charge in [0.15, 0.2) is 0 Å². The Morgan fingerprint density at radius 3 is 2.61 bits per heavy atom. The van der Waals surface area contributed by atoms with Crippen LogP contribution in [0.5, 0.6) is 5.75 Å². The molecule has 0 heterocycles. The van der Waals surface area contributed by atoms with Crippen molar-refractivity contribution < 1.29 is 9.53 Å². The minimum atomic E-state index is -0.0533. The summed E-state index contributed by atoms with van der Waals surface area (Å²) in [5, 5.41) is 8.66. The standard InChI is InChI=1S/C14H18N2O2/c1-12(2)16(10-9-15)14(17)8-11-18-13-6-4-3-5-7-13/h3-7,12H,8,10-11H2,1-2H3. The first kappa shape index (κ1) is 14.0. The molecule has 0 saturated heterocycles. The highest BCUT2D eigenvalue weighted by atomic mass is 16.5. The third kappa shape index (κ3) is 4.46. The molecule has 0 aromatic heterocycles. The summed E-state index contributed by atoms with van der Waals surface area (Å²) in [6.45, 7) is 4.25. The molecule has 0 atom stereocenters. The fraction of sp³-hybridized carbons (Fsp3) is 0.429. The molecule has 0 fully saturated rings. The zero-order chi connectivity index (χ0) is 13.4. The lowest BCUT2D eigenvalue weighted by molar-refractivity contribution is -0.132. The molecule has 0 radical (unpaired) electrons. The predicted molar refractivity (Wildman–Crippen MR) is 69.0 cm³/mol. The van der Waals surface area contributed by atoms with Crippen LogP contribution in [0.1, 0.15) is 20.3 Å². The zero-order valence-corrected chi connectivity index (χ0v) is 10.8. The zero-order valence-electron chi connectivity index (χ0n) is 10.8. The van der Waals surface area contributed by atoms with Gasteiger partial charge in [-0.05, 0) is 26.0 Å². The number of hydrogen-bond donors (Lipinski definition) is 0. The van der Waals surface area contributed by atoms with Gasteiger partial charge < -0.3 is 9.64 Å². The van der Waals surface area contributed by atoms with Crippen LogP contribution in [-0.4, -0.2) is 30.0 Å². The van der Waals surface area contributed by atoms with Crippen LogP contribution in [0, 0.1) is 11.3 Å². The van der Waals surface area contributed by atoms with Crippen molar-refractivity contribution in [3.05, 3.63) is 30.3 Å². The van der Waals surface area contributed by atoms with E-state index in [1.165, 1.54) is 0 Å². The quantitative estimate of drug-likeness (QED) is 0.723. The van der Waals surface area contributed by atoms with E-state index in [9.17, 15) is 4.79 Å². The maximum Gasteiger partial charge on any atom is 0.227 e. The second kappa shape index (κ2) is 7.33. The van der Waals surface area contributed by atoms with Crippen molar-refractivity contribution in [1.29, 1.82) is 5.26 Å². The van der Waals surface area contributed by atoms with Crippen molar-refractivity contribution in [2.75, 3.05) is 13.2 Å². The fourth-order valence-electron chi connectivity index (χ4n) is 1.55. The monoisotopic (exact) mass is 246 g/mol. The van der Waals surface area contributed by atoms with Crippen molar-refractivity contribution in [2.24, 2.45) is 0 Å². The van der Waals surface area contributed by atoms with E-state index in [4.69, 9.17) is 10.00 Å². The molecule has 96 valence electrons. The SMILES string of the molecule is CC(C)N(CC#N)C(=O)CCOc1ccccc1. The van der Waals surface area contributed by atoms with E-state index < -0.39 is 0 Å². The summed E-state index contributed by atoms with van der Waals surface area (Å²) in [4.78, 5) is 13.4. The molecule has 1 amide bonds. The Bertz CT molecular complexity index is 410. The highest BCUT2D eigenvalue weighted by molar-refractivity contribution is 5.76. The highest BCUT2D eigenvalue weighted by Crippen LogP contribution is 2.09. The van der Waals surface area contributed by atoms with Gasteiger partial charge in [0.25, 0.3) is 0 Å². The van der Waals surface area contributed by atoms with Gasteiger partial charge in [0.2, 0.25) is 5.91 Å². The average Bonchev–Trinajstić information content (AvgIpc) is 2.36. The van der Waals surface area contributed by atoms with Crippen LogP contribution in [0.15, 0.2) is 30.3 Å². The van der Waals surface area contributed by atoms with Gasteiger partial charge in [-0.3, -0.25) is 4.79 Å². The summed E-state index contributed by atoms with van der Waals surface area (Å²) in [7, 11) is 0. The molecule has 0 spiro atoms. The van der Waals surface area contributed by atoms with E-state index in [1.807, 2.05) is 50.2 Å². The number of rotatable bonds is 6. The van der Waals surface area contributed by atoms with Gasteiger partial charge in [0, 0.05) is 6.04 Å². The number of hydrogen-bond acceptors (Lipinski definition) is 3. The number of carbonyl (C=O) groups is 1. The van der Waals surface area contributed by atoms with E-state index in [0.717, 1.165) is 5.75 Å². The van der Waals surface area contributed by atoms with E-state index in [-0.39, 0.29) is 24.9 Å². The van der Waals surface area contributed by atoms with Crippen LogP contribution in [0.25, 0.3) is 0 Å². The van der Waals surface area contributed by atoms with Crippen LogP contribution in [0.3, 0.4) is 0 Å². The highest BCUT2D eigenvalue weighted by Gasteiger charge is 2.16. The van der Waals surface area contributed by atoms with Gasteiger partial charge in [-0.15, -0.1) is 0 Å². The lowest BCUT2D eigenvalue weighted by atomic mass is 10.2. The third-order valence-corrected chi connectivity index (χ3v) is 2.51. The number of nitrogens with zero attached hydrogens (tertiary/aromatic N) is 2. The number of carbonyl (C=O) groups excluding carboxylic acids is 1. The molecule has 4 heteroatoms. The Morgan fingerprint density at radius 2 is 2.06 bits per heavy atom. The van der Waals surface area contributed by atoms with Crippen LogP contribution in [-0.2, 0) is 4.79 Å². The lowest BCUT2D eigenvalue weighted by Gasteiger charge is -2.23. The average molecular weight is 246 g/mol. The van der Waals surface area contributed by atoms with Gasteiger partial charge in [-0.2, -0.15) is 5.26 Å². The normalized spacial score (nSPS) is 9.89. The minimum absolute atomic E-state index is 0.0360. The number of ether oxygens (including phenoxy) is 1. The van der Waals surface area contributed by atoms with Gasteiger partial charge in [-0.25, -0.2) is 0 Å². The summed E-state index contributed by atoms with van der Waals surface area (Å²) in [5.41, 5.74) is 0. The summed E-state index contributed by atoms with van der Waals surface area (Å²) < 4.78 is 5.45. The summed E-state index contributed by atoms with van der Waals surface area (Å²) in [6, 6.07) is 11.4. The summed E-state index contributed by atoms with van der Waals surface area (Å²) in [6.07, 6.45) is 0.286. The first-order valence-corrected chi connectivity index (χ1v) is 5.99. The lowest BCUT2D eigenvalue weighted by Crippen LogP contribution is -2.37. The van der Waals surface area contributed by atoms with E-state index >= 15 is 0 Å². The van der Waals surface area contributed by atoms with E-state index in [2.05, 4.69) is 0 Å². The number of benzene rings is 1. The maximum absolute atomic E-state index is 11.9. The van der Waals surface area contributed by atoms with Gasteiger partial charge in [-0.1, -0.05) is 18.2 Å². The van der Waals surface area contributed by atoms with E-state index in [0.29, 0.717) is 6.61 Å². The van der Waals surface area contributed by atoms with Crippen molar-refractivity contribution in [3.63, 3.8) is 0 Å². The van der Waals surface area contributed by atoms with Crippen LogP contribution < -0.4 is 4.74 Å². The first-order valence-electron chi connectivity index (χ1n) is 5.99. The smallest absolute Gasteiger partial charge is 0.227 e. The summed E-state index contributed by atoms with van der Waals surface area (Å²) in [5.74, 6) is 0.698. The van der Waals surface area contributed by atoms with Crippen LogP contribution in [0.4, 0.5) is 0 Å². The molecule has 4 nitrogen and oxygen atoms in total. The number of nitriles is 1. The molecule has 0 aliphatic carbocycles. The van der Waals surface area contributed by atoms with Crippen molar-refractivity contribution in [3.8, 4) is 11.8 Å². The van der Waals surface area contributed by atoms with Crippen molar-refractivity contribution in [1.82, 2.24) is 4.90 Å². The Morgan fingerprint density at radius 1 is 1.39 bits per heavy atom. The third-order valence-electron chi connectivity index (χ3n) is 2.51. The van der Waals surface area contributed by atoms with Crippen LogP contribution in [0.2, 0.25) is 0 Å². The molecule has 1 rings (SSSR count). The molecule has 18 heavy (non-hydrogen) atoms. The Labute approximate surface area is 108 Å². The fourth-order valence-corrected chi connectivity index (χ4v) is 1.55. The molecule has 0 N–H and O–H groups in total. The van der Waals surface area contributed by atoms with Gasteiger partial charge in [0.1, 0.15) is 12.3 Å². The molecule has 0 unspecified atom stereocenters.